The lowest BCUT2D eigenvalue weighted by molar-refractivity contribution is -0.129. The van der Waals surface area contributed by atoms with Crippen molar-refractivity contribution in [2.75, 3.05) is 18.8 Å². The van der Waals surface area contributed by atoms with Gasteiger partial charge in [0.1, 0.15) is 0 Å². The highest BCUT2D eigenvalue weighted by Crippen LogP contribution is 2.28. The molecule has 1 aromatic rings. The van der Waals surface area contributed by atoms with Crippen LogP contribution in [0.1, 0.15) is 31.4 Å². The van der Waals surface area contributed by atoms with Gasteiger partial charge >= 0.3 is 0 Å². The summed E-state index contributed by atoms with van der Waals surface area (Å²) >= 11 is 0. The Morgan fingerprint density at radius 3 is 2.71 bits per heavy atom. The van der Waals surface area contributed by atoms with E-state index in [0.717, 1.165) is 31.6 Å². The van der Waals surface area contributed by atoms with E-state index in [0.29, 0.717) is 0 Å². The molecule has 0 radical (unpaired) electrons. The van der Waals surface area contributed by atoms with Gasteiger partial charge in [0.15, 0.2) is 5.82 Å². The SMILES string of the molecule is CC(=O)N1CCC(c2cc(N)c(F)cn2)CC1. The van der Waals surface area contributed by atoms with Crippen molar-refractivity contribution in [3.63, 3.8) is 0 Å². The van der Waals surface area contributed by atoms with Gasteiger partial charge in [0.25, 0.3) is 0 Å². The number of anilines is 1. The first-order chi connectivity index (χ1) is 8.08. The topological polar surface area (TPSA) is 59.2 Å². The number of nitrogens with zero attached hydrogens (tertiary/aromatic N) is 2. The van der Waals surface area contributed by atoms with Gasteiger partial charge in [0.05, 0.1) is 11.9 Å². The maximum absolute atomic E-state index is 13.0. The van der Waals surface area contributed by atoms with E-state index in [9.17, 15) is 9.18 Å². The van der Waals surface area contributed by atoms with Gasteiger partial charge in [-0.2, -0.15) is 0 Å². The number of hydrogen-bond acceptors (Lipinski definition) is 3. The van der Waals surface area contributed by atoms with Gasteiger partial charge < -0.3 is 10.6 Å². The Labute approximate surface area is 99.6 Å². The molecule has 2 rings (SSSR count). The van der Waals surface area contributed by atoms with Crippen LogP contribution in [0.2, 0.25) is 0 Å². The van der Waals surface area contributed by atoms with Crippen LogP contribution in [0.4, 0.5) is 10.1 Å². The lowest BCUT2D eigenvalue weighted by Crippen LogP contribution is -2.36. The summed E-state index contributed by atoms with van der Waals surface area (Å²) < 4.78 is 13.0. The zero-order chi connectivity index (χ0) is 12.4. The standard InChI is InChI=1S/C12H16FN3O/c1-8(17)16-4-2-9(3-5-16)12-6-11(14)10(13)7-15-12/h6-7,9H,2-5H2,1H3,(H2,14,15). The highest BCUT2D eigenvalue weighted by atomic mass is 19.1. The summed E-state index contributed by atoms with van der Waals surface area (Å²) in [5.41, 5.74) is 6.49. The fraction of sp³-hybridized carbons (Fsp3) is 0.500. The van der Waals surface area contributed by atoms with Crippen LogP contribution in [0, 0.1) is 5.82 Å². The normalized spacial score (nSPS) is 17.2. The number of nitrogen functional groups attached to an aromatic ring is 1. The van der Waals surface area contributed by atoms with Crippen molar-refractivity contribution < 1.29 is 9.18 Å². The molecule has 0 spiro atoms. The molecule has 2 N–H and O–H groups in total. The highest BCUT2D eigenvalue weighted by molar-refractivity contribution is 5.73. The van der Waals surface area contributed by atoms with E-state index in [1.54, 1.807) is 13.0 Å². The zero-order valence-electron chi connectivity index (χ0n) is 9.82. The molecule has 0 aromatic carbocycles. The summed E-state index contributed by atoms with van der Waals surface area (Å²) in [6, 6.07) is 1.60. The van der Waals surface area contributed by atoms with Gasteiger partial charge in [0, 0.05) is 31.6 Å². The summed E-state index contributed by atoms with van der Waals surface area (Å²) in [5, 5.41) is 0. The van der Waals surface area contributed by atoms with E-state index in [4.69, 9.17) is 5.73 Å². The van der Waals surface area contributed by atoms with Crippen molar-refractivity contribution in [2.24, 2.45) is 0 Å². The van der Waals surface area contributed by atoms with Crippen LogP contribution in [-0.4, -0.2) is 28.9 Å². The number of likely N-dealkylation sites (tertiary alicyclic amines) is 1. The van der Waals surface area contributed by atoms with Crippen LogP contribution in [0.25, 0.3) is 0 Å². The fourth-order valence-corrected chi connectivity index (χ4v) is 2.18. The van der Waals surface area contributed by atoms with E-state index in [2.05, 4.69) is 4.98 Å². The molecule has 1 fully saturated rings. The molecule has 5 heteroatoms. The summed E-state index contributed by atoms with van der Waals surface area (Å²) in [7, 11) is 0. The highest BCUT2D eigenvalue weighted by Gasteiger charge is 2.23. The van der Waals surface area contributed by atoms with Gasteiger partial charge in [0.2, 0.25) is 5.91 Å². The molecular weight excluding hydrogens is 221 g/mol. The Morgan fingerprint density at radius 2 is 2.18 bits per heavy atom. The predicted molar refractivity (Wildman–Crippen MR) is 62.8 cm³/mol. The third-order valence-electron chi connectivity index (χ3n) is 3.26. The molecule has 1 aliphatic rings. The van der Waals surface area contributed by atoms with E-state index >= 15 is 0 Å². The molecule has 2 heterocycles. The smallest absolute Gasteiger partial charge is 0.219 e. The zero-order valence-corrected chi connectivity index (χ0v) is 9.82. The minimum absolute atomic E-state index is 0.107. The number of hydrogen-bond donors (Lipinski definition) is 1. The largest absolute Gasteiger partial charge is 0.396 e. The van der Waals surface area contributed by atoms with Crippen molar-refractivity contribution in [1.29, 1.82) is 0 Å². The number of carbonyl (C=O) groups is 1. The number of pyridine rings is 1. The Morgan fingerprint density at radius 1 is 1.53 bits per heavy atom. The number of halogens is 1. The Hall–Kier alpha value is -1.65. The van der Waals surface area contributed by atoms with Crippen LogP contribution in [0.3, 0.4) is 0 Å². The molecular formula is C12H16FN3O. The number of aromatic nitrogens is 1. The van der Waals surface area contributed by atoms with Crippen molar-refractivity contribution in [2.45, 2.75) is 25.7 Å². The number of piperidine rings is 1. The fourth-order valence-electron chi connectivity index (χ4n) is 2.18. The van der Waals surface area contributed by atoms with Crippen LogP contribution < -0.4 is 5.73 Å². The summed E-state index contributed by atoms with van der Waals surface area (Å²) in [5.74, 6) is -0.0987. The van der Waals surface area contributed by atoms with E-state index in [1.165, 1.54) is 6.20 Å². The lowest BCUT2D eigenvalue weighted by Gasteiger charge is -2.31. The second-order valence-corrected chi connectivity index (χ2v) is 4.41. The predicted octanol–water partition coefficient (Wildman–Crippen LogP) is 1.53. The number of rotatable bonds is 1. The summed E-state index contributed by atoms with van der Waals surface area (Å²) in [6.45, 7) is 3.05. The van der Waals surface area contributed by atoms with Crippen LogP contribution >= 0.6 is 0 Å². The Kier molecular flexibility index (Phi) is 3.26. The van der Waals surface area contributed by atoms with Crippen molar-refractivity contribution in [3.8, 4) is 0 Å². The molecule has 4 nitrogen and oxygen atoms in total. The molecule has 0 unspecified atom stereocenters. The summed E-state index contributed by atoms with van der Waals surface area (Å²) in [4.78, 5) is 17.1. The third kappa shape index (κ3) is 2.54. The molecule has 0 saturated carbocycles. The lowest BCUT2D eigenvalue weighted by atomic mass is 9.93. The first-order valence-corrected chi connectivity index (χ1v) is 5.74. The van der Waals surface area contributed by atoms with Crippen LogP contribution in [0.5, 0.6) is 0 Å². The van der Waals surface area contributed by atoms with Crippen molar-refractivity contribution >= 4 is 11.6 Å². The van der Waals surface area contributed by atoms with E-state index < -0.39 is 5.82 Å². The molecule has 1 saturated heterocycles. The van der Waals surface area contributed by atoms with Crippen molar-refractivity contribution in [1.82, 2.24) is 9.88 Å². The van der Waals surface area contributed by atoms with Gasteiger partial charge in [-0.15, -0.1) is 0 Å². The molecule has 1 amide bonds. The minimum atomic E-state index is -0.477. The monoisotopic (exact) mass is 237 g/mol. The van der Waals surface area contributed by atoms with Gasteiger partial charge in [-0.25, -0.2) is 4.39 Å². The van der Waals surface area contributed by atoms with Crippen molar-refractivity contribution in [3.05, 3.63) is 23.8 Å². The number of nitrogens with two attached hydrogens (primary N) is 1. The average Bonchev–Trinajstić information content (AvgIpc) is 2.33. The molecule has 1 aromatic heterocycles. The van der Waals surface area contributed by atoms with E-state index in [-0.39, 0.29) is 17.5 Å². The van der Waals surface area contributed by atoms with Gasteiger partial charge in [-0.3, -0.25) is 9.78 Å². The maximum Gasteiger partial charge on any atom is 0.219 e. The minimum Gasteiger partial charge on any atom is -0.396 e. The Bertz CT molecular complexity index is 428. The summed E-state index contributed by atoms with van der Waals surface area (Å²) in [6.07, 6.45) is 2.89. The van der Waals surface area contributed by atoms with Gasteiger partial charge in [-0.1, -0.05) is 0 Å². The quantitative estimate of drug-likeness (QED) is 0.805. The second kappa shape index (κ2) is 4.69. The average molecular weight is 237 g/mol. The molecule has 0 bridgehead atoms. The molecule has 92 valence electrons. The Balaban J connectivity index is 2.05. The first kappa shape index (κ1) is 11.8. The molecule has 17 heavy (non-hydrogen) atoms. The van der Waals surface area contributed by atoms with Crippen LogP contribution in [-0.2, 0) is 4.79 Å². The molecule has 0 atom stereocenters. The number of carbonyl (C=O) groups excluding carboxylic acids is 1. The van der Waals surface area contributed by atoms with E-state index in [1.807, 2.05) is 4.90 Å². The third-order valence-corrected chi connectivity index (χ3v) is 3.26. The first-order valence-electron chi connectivity index (χ1n) is 5.74. The second-order valence-electron chi connectivity index (χ2n) is 4.41. The number of amides is 1. The maximum atomic E-state index is 13.0. The van der Waals surface area contributed by atoms with Crippen LogP contribution in [0.15, 0.2) is 12.3 Å². The van der Waals surface area contributed by atoms with Gasteiger partial charge in [-0.05, 0) is 18.9 Å². The molecule has 0 aliphatic carbocycles. The molecule has 1 aliphatic heterocycles.